The number of nitrogens with zero attached hydrogens (tertiary/aromatic N) is 2. The first-order chi connectivity index (χ1) is 13.7. The van der Waals surface area contributed by atoms with E-state index in [0.29, 0.717) is 27.4 Å². The highest BCUT2D eigenvalue weighted by molar-refractivity contribution is 6.40. The highest BCUT2D eigenvalue weighted by Gasteiger charge is 2.38. The van der Waals surface area contributed by atoms with Gasteiger partial charge in [0.05, 0.1) is 23.8 Å². The van der Waals surface area contributed by atoms with E-state index in [1.807, 2.05) is 0 Å². The van der Waals surface area contributed by atoms with E-state index in [1.54, 1.807) is 19.1 Å². The minimum Gasteiger partial charge on any atom is -0.452 e. The number of methoxy groups -OCH3 is 1. The lowest BCUT2D eigenvalue weighted by Crippen LogP contribution is -2.33. The molecule has 1 atom stereocenters. The zero-order valence-corrected chi connectivity index (χ0v) is 16.3. The molecule has 0 aliphatic carbocycles. The van der Waals surface area contributed by atoms with Gasteiger partial charge in [0.2, 0.25) is 0 Å². The fourth-order valence-corrected chi connectivity index (χ4v) is 3.42. The van der Waals surface area contributed by atoms with E-state index in [4.69, 9.17) is 16.3 Å². The van der Waals surface area contributed by atoms with Gasteiger partial charge in [0.25, 0.3) is 11.6 Å². The molecule has 0 saturated carbocycles. The van der Waals surface area contributed by atoms with Crippen LogP contribution < -0.4 is 4.90 Å². The number of nitro benzene ring substituents is 1. The quantitative estimate of drug-likeness (QED) is 0.453. The number of carbonyl (C=O) groups excluding carboxylic acids is 2. The molecule has 1 aliphatic heterocycles. The fourth-order valence-electron chi connectivity index (χ4n) is 3.25. The Morgan fingerprint density at radius 1 is 1.28 bits per heavy atom. The molecule has 2 aromatic carbocycles. The SMILES string of the molecule is COC(=O)N1C(=O)/C(=C(/C)CC(O)c2ccc([N+](=O)[O-])cc2)c2ccc(Cl)cc21. The third-order valence-electron chi connectivity index (χ3n) is 4.66. The zero-order chi connectivity index (χ0) is 21.3. The number of ether oxygens (including phenoxy) is 1. The molecule has 1 aliphatic rings. The molecule has 0 aromatic heterocycles. The Kier molecular flexibility index (Phi) is 5.67. The molecule has 9 heteroatoms. The highest BCUT2D eigenvalue weighted by atomic mass is 35.5. The molecule has 0 radical (unpaired) electrons. The molecule has 1 heterocycles. The third-order valence-corrected chi connectivity index (χ3v) is 4.89. The van der Waals surface area contributed by atoms with E-state index in [9.17, 15) is 24.8 Å². The topological polar surface area (TPSA) is 110 Å². The first-order valence-electron chi connectivity index (χ1n) is 8.59. The number of aliphatic hydroxyl groups excluding tert-OH is 1. The molecule has 1 N–H and O–H groups in total. The second-order valence-electron chi connectivity index (χ2n) is 6.50. The number of aliphatic hydroxyl groups is 1. The molecule has 3 rings (SSSR count). The predicted molar refractivity (Wildman–Crippen MR) is 107 cm³/mol. The number of halogens is 1. The number of fused-ring (bicyclic) bond motifs is 1. The van der Waals surface area contributed by atoms with Crippen LogP contribution in [0.5, 0.6) is 0 Å². The van der Waals surface area contributed by atoms with Gasteiger partial charge in [-0.3, -0.25) is 14.9 Å². The minimum absolute atomic E-state index is 0.0819. The maximum absolute atomic E-state index is 12.9. The number of amides is 2. The van der Waals surface area contributed by atoms with Crippen molar-refractivity contribution in [1.82, 2.24) is 0 Å². The van der Waals surface area contributed by atoms with Crippen LogP contribution in [0.2, 0.25) is 5.02 Å². The summed E-state index contributed by atoms with van der Waals surface area (Å²) in [6.07, 6.45) is -1.73. The van der Waals surface area contributed by atoms with Gasteiger partial charge in [-0.05, 0) is 43.2 Å². The summed E-state index contributed by atoms with van der Waals surface area (Å²) < 4.78 is 4.71. The Labute approximate surface area is 171 Å². The molecular weight excluding hydrogens is 400 g/mol. The van der Waals surface area contributed by atoms with Crippen LogP contribution in [0.3, 0.4) is 0 Å². The summed E-state index contributed by atoms with van der Waals surface area (Å²) in [4.78, 5) is 36.2. The lowest BCUT2D eigenvalue weighted by molar-refractivity contribution is -0.384. The van der Waals surface area contributed by atoms with Gasteiger partial charge < -0.3 is 9.84 Å². The molecule has 1 unspecified atom stereocenters. The van der Waals surface area contributed by atoms with Crippen LogP contribution in [0.15, 0.2) is 48.0 Å². The Morgan fingerprint density at radius 3 is 2.52 bits per heavy atom. The van der Waals surface area contributed by atoms with Crippen LogP contribution in [0, 0.1) is 10.1 Å². The van der Waals surface area contributed by atoms with Crippen LogP contribution in [0.4, 0.5) is 16.2 Å². The van der Waals surface area contributed by atoms with Gasteiger partial charge in [0.1, 0.15) is 0 Å². The molecule has 150 valence electrons. The second-order valence-corrected chi connectivity index (χ2v) is 6.93. The molecule has 8 nitrogen and oxygen atoms in total. The molecule has 0 fully saturated rings. The van der Waals surface area contributed by atoms with Crippen LogP contribution >= 0.6 is 11.6 Å². The van der Waals surface area contributed by atoms with E-state index < -0.39 is 23.0 Å². The van der Waals surface area contributed by atoms with Gasteiger partial charge in [-0.25, -0.2) is 9.69 Å². The van der Waals surface area contributed by atoms with Gasteiger partial charge in [0, 0.05) is 28.3 Å². The summed E-state index contributed by atoms with van der Waals surface area (Å²) in [7, 11) is 1.17. The summed E-state index contributed by atoms with van der Waals surface area (Å²) in [5.74, 6) is -0.567. The number of imide groups is 1. The van der Waals surface area contributed by atoms with E-state index in [1.165, 1.54) is 37.4 Å². The zero-order valence-electron chi connectivity index (χ0n) is 15.6. The number of carbonyl (C=O) groups is 2. The van der Waals surface area contributed by atoms with E-state index in [0.717, 1.165) is 4.90 Å². The van der Waals surface area contributed by atoms with Crippen LogP contribution in [0.25, 0.3) is 5.57 Å². The van der Waals surface area contributed by atoms with Gasteiger partial charge in [-0.15, -0.1) is 0 Å². The van der Waals surface area contributed by atoms with Crippen molar-refractivity contribution < 1.29 is 24.4 Å². The monoisotopic (exact) mass is 416 g/mol. The molecule has 2 amide bonds. The maximum Gasteiger partial charge on any atom is 0.421 e. The van der Waals surface area contributed by atoms with Crippen LogP contribution in [-0.2, 0) is 9.53 Å². The summed E-state index contributed by atoms with van der Waals surface area (Å²) >= 11 is 6.02. The Balaban J connectivity index is 1.96. The number of hydrogen-bond donors (Lipinski definition) is 1. The smallest absolute Gasteiger partial charge is 0.421 e. The van der Waals surface area contributed by atoms with Crippen molar-refractivity contribution in [3.05, 3.63) is 74.3 Å². The molecular formula is C20H17ClN2O6. The lowest BCUT2D eigenvalue weighted by Gasteiger charge is -2.14. The first-order valence-corrected chi connectivity index (χ1v) is 8.97. The van der Waals surface area contributed by atoms with E-state index in [2.05, 4.69) is 0 Å². The number of benzene rings is 2. The highest BCUT2D eigenvalue weighted by Crippen LogP contribution is 2.41. The largest absolute Gasteiger partial charge is 0.452 e. The maximum atomic E-state index is 12.9. The van der Waals surface area contributed by atoms with Gasteiger partial charge in [0.15, 0.2) is 0 Å². The van der Waals surface area contributed by atoms with Crippen molar-refractivity contribution in [3.63, 3.8) is 0 Å². The Morgan fingerprint density at radius 2 is 1.93 bits per heavy atom. The van der Waals surface area contributed by atoms with Gasteiger partial charge >= 0.3 is 6.09 Å². The van der Waals surface area contributed by atoms with Gasteiger partial charge in [-0.2, -0.15) is 0 Å². The number of rotatable bonds is 4. The second kappa shape index (κ2) is 8.02. The number of non-ortho nitro benzene ring substituents is 1. The van der Waals surface area contributed by atoms with Crippen LogP contribution in [-0.4, -0.2) is 29.1 Å². The Hall–Kier alpha value is -3.23. The first kappa shape index (κ1) is 20.5. The molecule has 29 heavy (non-hydrogen) atoms. The molecule has 0 saturated heterocycles. The molecule has 2 aromatic rings. The van der Waals surface area contributed by atoms with Crippen molar-refractivity contribution in [1.29, 1.82) is 0 Å². The van der Waals surface area contributed by atoms with Crippen molar-refractivity contribution in [3.8, 4) is 0 Å². The average Bonchev–Trinajstić information content (AvgIpc) is 2.98. The standard InChI is InChI=1S/C20H17ClN2O6/c1-11(9-17(24)12-3-6-14(7-4-12)23(27)28)18-15-8-5-13(21)10-16(15)22(19(18)25)20(26)29-2/h3-8,10,17,24H,9H2,1-2H3/b18-11-. The van der Waals surface area contributed by atoms with Crippen molar-refractivity contribution in [2.24, 2.45) is 0 Å². The number of anilines is 1. The van der Waals surface area contributed by atoms with E-state index in [-0.39, 0.29) is 17.7 Å². The summed E-state index contributed by atoms with van der Waals surface area (Å²) in [6.45, 7) is 1.68. The van der Waals surface area contributed by atoms with Gasteiger partial charge in [-0.1, -0.05) is 23.2 Å². The van der Waals surface area contributed by atoms with Crippen molar-refractivity contribution in [2.75, 3.05) is 12.0 Å². The van der Waals surface area contributed by atoms with Crippen molar-refractivity contribution >= 4 is 40.5 Å². The third kappa shape index (κ3) is 3.85. The fraction of sp³-hybridized carbons (Fsp3) is 0.200. The average molecular weight is 417 g/mol. The predicted octanol–water partition coefficient (Wildman–Crippen LogP) is 4.26. The summed E-state index contributed by atoms with van der Waals surface area (Å²) in [6, 6.07) is 10.3. The number of nitro groups is 1. The van der Waals surface area contributed by atoms with E-state index >= 15 is 0 Å². The van der Waals surface area contributed by atoms with Crippen molar-refractivity contribution in [2.45, 2.75) is 19.4 Å². The lowest BCUT2D eigenvalue weighted by atomic mass is 9.95. The van der Waals surface area contributed by atoms with Crippen LogP contribution in [0.1, 0.15) is 30.6 Å². The summed E-state index contributed by atoms with van der Waals surface area (Å²) in [5, 5.41) is 21.7. The summed E-state index contributed by atoms with van der Waals surface area (Å²) in [5.41, 5.74) is 2.05. The normalized spacial score (nSPS) is 15.7. The Bertz CT molecular complexity index is 1030. The molecule has 0 spiro atoms. The number of hydrogen-bond acceptors (Lipinski definition) is 6. The molecule has 0 bridgehead atoms. The minimum atomic E-state index is -0.987.